The molecule has 2 nitrogen and oxygen atoms in total. The number of rotatable bonds is 3. The van der Waals surface area contributed by atoms with Crippen LogP contribution in [0.15, 0.2) is 18.2 Å². The molecular formula is C17H24N2. The van der Waals surface area contributed by atoms with Crippen molar-refractivity contribution in [1.82, 2.24) is 0 Å². The van der Waals surface area contributed by atoms with Crippen LogP contribution in [0.25, 0.3) is 0 Å². The van der Waals surface area contributed by atoms with Gasteiger partial charge in [0.05, 0.1) is 11.6 Å². The van der Waals surface area contributed by atoms with Gasteiger partial charge in [-0.3, -0.25) is 0 Å². The number of nitriles is 1. The molecule has 1 saturated carbocycles. The summed E-state index contributed by atoms with van der Waals surface area (Å²) in [6.45, 7) is 4.32. The van der Waals surface area contributed by atoms with E-state index in [1.165, 1.54) is 37.8 Å². The van der Waals surface area contributed by atoms with E-state index in [-0.39, 0.29) is 0 Å². The van der Waals surface area contributed by atoms with Crippen molar-refractivity contribution in [1.29, 1.82) is 5.26 Å². The van der Waals surface area contributed by atoms with Gasteiger partial charge in [0.1, 0.15) is 0 Å². The molecule has 102 valence electrons. The molecule has 1 aromatic rings. The first-order valence-electron chi connectivity index (χ1n) is 7.39. The number of hydrogen-bond donors (Lipinski definition) is 0. The summed E-state index contributed by atoms with van der Waals surface area (Å²) < 4.78 is 0. The van der Waals surface area contributed by atoms with Gasteiger partial charge >= 0.3 is 0 Å². The van der Waals surface area contributed by atoms with Crippen molar-refractivity contribution in [2.24, 2.45) is 5.92 Å². The zero-order chi connectivity index (χ0) is 13.8. The monoisotopic (exact) mass is 256 g/mol. The Morgan fingerprint density at radius 2 is 1.95 bits per heavy atom. The summed E-state index contributed by atoms with van der Waals surface area (Å²) in [6.07, 6.45) is 6.65. The Kier molecular flexibility index (Phi) is 4.47. The van der Waals surface area contributed by atoms with Gasteiger partial charge in [-0.05, 0) is 62.3 Å². The quantitative estimate of drug-likeness (QED) is 0.807. The van der Waals surface area contributed by atoms with E-state index in [1.54, 1.807) is 0 Å². The molecule has 1 aliphatic carbocycles. The summed E-state index contributed by atoms with van der Waals surface area (Å²) in [4.78, 5) is 2.40. The van der Waals surface area contributed by atoms with E-state index in [0.717, 1.165) is 17.0 Å². The maximum absolute atomic E-state index is 8.99. The molecule has 2 heteroatoms. The predicted molar refractivity (Wildman–Crippen MR) is 80.3 cm³/mol. The summed E-state index contributed by atoms with van der Waals surface area (Å²) in [6, 6.07) is 9.07. The van der Waals surface area contributed by atoms with Crippen LogP contribution in [-0.2, 0) is 0 Å². The van der Waals surface area contributed by atoms with Gasteiger partial charge in [-0.1, -0.05) is 13.3 Å². The van der Waals surface area contributed by atoms with Crippen LogP contribution in [0.1, 0.15) is 50.2 Å². The van der Waals surface area contributed by atoms with Crippen LogP contribution in [0.5, 0.6) is 0 Å². The Morgan fingerprint density at radius 3 is 2.47 bits per heavy atom. The largest absolute Gasteiger partial charge is 0.372 e. The van der Waals surface area contributed by atoms with Crippen LogP contribution >= 0.6 is 0 Å². The molecule has 1 aromatic carbocycles. The first kappa shape index (κ1) is 13.9. The standard InChI is InChI=1S/C17H24N2/c1-4-14-5-8-16(9-6-14)19(3)17-10-7-15(12-18)13(2)11-17/h7,10-11,14,16H,4-6,8-9H2,1-3H3. The van der Waals surface area contributed by atoms with E-state index in [4.69, 9.17) is 5.26 Å². The van der Waals surface area contributed by atoms with Gasteiger partial charge in [0, 0.05) is 18.8 Å². The fourth-order valence-electron chi connectivity index (χ4n) is 3.14. The minimum Gasteiger partial charge on any atom is -0.372 e. The fourth-order valence-corrected chi connectivity index (χ4v) is 3.14. The number of hydrogen-bond acceptors (Lipinski definition) is 2. The third-order valence-electron chi connectivity index (χ3n) is 4.68. The lowest BCUT2D eigenvalue weighted by Gasteiger charge is -2.36. The summed E-state index contributed by atoms with van der Waals surface area (Å²) in [7, 11) is 2.19. The first-order valence-corrected chi connectivity index (χ1v) is 7.39. The van der Waals surface area contributed by atoms with E-state index in [9.17, 15) is 0 Å². The molecular weight excluding hydrogens is 232 g/mol. The van der Waals surface area contributed by atoms with Gasteiger partial charge in [0.15, 0.2) is 0 Å². The van der Waals surface area contributed by atoms with E-state index in [1.807, 2.05) is 13.0 Å². The number of benzene rings is 1. The maximum atomic E-state index is 8.99. The van der Waals surface area contributed by atoms with E-state index < -0.39 is 0 Å². The van der Waals surface area contributed by atoms with Crippen molar-refractivity contribution < 1.29 is 0 Å². The van der Waals surface area contributed by atoms with Crippen LogP contribution in [0.4, 0.5) is 5.69 Å². The normalized spacial score (nSPS) is 22.8. The molecule has 2 rings (SSSR count). The van der Waals surface area contributed by atoms with Gasteiger partial charge < -0.3 is 4.90 Å². The van der Waals surface area contributed by atoms with Gasteiger partial charge in [-0.25, -0.2) is 0 Å². The third kappa shape index (κ3) is 3.10. The minimum absolute atomic E-state index is 0.662. The lowest BCUT2D eigenvalue weighted by Crippen LogP contribution is -2.35. The van der Waals surface area contributed by atoms with Crippen molar-refractivity contribution >= 4 is 5.69 Å². The molecule has 1 aliphatic rings. The van der Waals surface area contributed by atoms with Crippen molar-refractivity contribution in [3.05, 3.63) is 29.3 Å². The predicted octanol–water partition coefficient (Wildman–Crippen LogP) is 4.27. The Morgan fingerprint density at radius 1 is 1.26 bits per heavy atom. The van der Waals surface area contributed by atoms with E-state index >= 15 is 0 Å². The van der Waals surface area contributed by atoms with Gasteiger partial charge in [0.2, 0.25) is 0 Å². The SMILES string of the molecule is CCC1CCC(N(C)c2ccc(C#N)c(C)c2)CC1. The summed E-state index contributed by atoms with van der Waals surface area (Å²) in [5.74, 6) is 0.937. The highest BCUT2D eigenvalue weighted by atomic mass is 15.1. The Hall–Kier alpha value is -1.49. The van der Waals surface area contributed by atoms with Gasteiger partial charge in [-0.15, -0.1) is 0 Å². The molecule has 1 fully saturated rings. The van der Waals surface area contributed by atoms with Crippen molar-refractivity contribution in [2.75, 3.05) is 11.9 Å². The van der Waals surface area contributed by atoms with E-state index in [0.29, 0.717) is 6.04 Å². The third-order valence-corrected chi connectivity index (χ3v) is 4.68. The molecule has 0 atom stereocenters. The minimum atomic E-state index is 0.662. The van der Waals surface area contributed by atoms with Crippen LogP contribution in [0, 0.1) is 24.2 Å². The Bertz CT molecular complexity index is 465. The molecule has 0 amide bonds. The Labute approximate surface area is 117 Å². The molecule has 0 N–H and O–H groups in total. The second-order valence-corrected chi connectivity index (χ2v) is 5.80. The molecule has 0 aromatic heterocycles. The zero-order valence-electron chi connectivity index (χ0n) is 12.3. The summed E-state index contributed by atoms with van der Waals surface area (Å²) in [5, 5.41) is 8.99. The first-order chi connectivity index (χ1) is 9.15. The van der Waals surface area contributed by atoms with Gasteiger partial charge in [-0.2, -0.15) is 5.26 Å². The molecule has 19 heavy (non-hydrogen) atoms. The number of anilines is 1. The number of nitrogens with zero attached hydrogens (tertiary/aromatic N) is 2. The molecule has 0 spiro atoms. The number of aryl methyl sites for hydroxylation is 1. The molecule has 0 unspecified atom stereocenters. The van der Waals surface area contributed by atoms with Crippen molar-refractivity contribution in [3.8, 4) is 6.07 Å². The highest BCUT2D eigenvalue weighted by molar-refractivity contribution is 5.53. The molecule has 0 bridgehead atoms. The molecule has 0 radical (unpaired) electrons. The van der Waals surface area contributed by atoms with Crippen molar-refractivity contribution in [3.63, 3.8) is 0 Å². The smallest absolute Gasteiger partial charge is 0.0994 e. The van der Waals surface area contributed by atoms with Gasteiger partial charge in [0.25, 0.3) is 0 Å². The van der Waals surface area contributed by atoms with E-state index in [2.05, 4.69) is 37.1 Å². The average molecular weight is 256 g/mol. The Balaban J connectivity index is 2.06. The highest BCUT2D eigenvalue weighted by Crippen LogP contribution is 2.31. The van der Waals surface area contributed by atoms with Crippen LogP contribution in [-0.4, -0.2) is 13.1 Å². The zero-order valence-corrected chi connectivity index (χ0v) is 12.3. The molecule has 0 heterocycles. The lowest BCUT2D eigenvalue weighted by atomic mass is 9.84. The second kappa shape index (κ2) is 6.10. The second-order valence-electron chi connectivity index (χ2n) is 5.80. The van der Waals surface area contributed by atoms with Crippen LogP contribution < -0.4 is 4.90 Å². The molecule has 0 saturated heterocycles. The average Bonchev–Trinajstić information content (AvgIpc) is 2.46. The topological polar surface area (TPSA) is 27.0 Å². The maximum Gasteiger partial charge on any atom is 0.0994 e. The van der Waals surface area contributed by atoms with Crippen molar-refractivity contribution in [2.45, 2.75) is 52.0 Å². The van der Waals surface area contributed by atoms with Crippen LogP contribution in [0.3, 0.4) is 0 Å². The fraction of sp³-hybridized carbons (Fsp3) is 0.588. The highest BCUT2D eigenvalue weighted by Gasteiger charge is 2.23. The summed E-state index contributed by atoms with van der Waals surface area (Å²) in [5.41, 5.74) is 3.11. The van der Waals surface area contributed by atoms with Crippen LogP contribution in [0.2, 0.25) is 0 Å². The summed E-state index contributed by atoms with van der Waals surface area (Å²) >= 11 is 0. The molecule has 0 aliphatic heterocycles. The lowest BCUT2D eigenvalue weighted by molar-refractivity contribution is 0.313.